The van der Waals surface area contributed by atoms with E-state index in [2.05, 4.69) is 9.88 Å². The van der Waals surface area contributed by atoms with E-state index in [1.807, 2.05) is 18.2 Å². The molecule has 2 aliphatic rings. The minimum absolute atomic E-state index is 0.0522. The molecule has 31 heavy (non-hydrogen) atoms. The monoisotopic (exact) mass is 417 g/mol. The zero-order valence-electron chi connectivity index (χ0n) is 17.5. The summed E-state index contributed by atoms with van der Waals surface area (Å²) in [6.07, 6.45) is 0.963. The molecule has 1 saturated heterocycles. The van der Waals surface area contributed by atoms with E-state index >= 15 is 0 Å². The van der Waals surface area contributed by atoms with Gasteiger partial charge in [0.15, 0.2) is 5.78 Å². The Hall–Kier alpha value is -3.45. The number of carbonyl (C=O) groups excluding carboxylic acids is 3. The van der Waals surface area contributed by atoms with Crippen LogP contribution in [0.15, 0.2) is 42.5 Å². The molecular formula is C24H23N3O4. The van der Waals surface area contributed by atoms with Gasteiger partial charge in [-0.1, -0.05) is 0 Å². The molecule has 0 spiro atoms. The van der Waals surface area contributed by atoms with Gasteiger partial charge in [-0.2, -0.15) is 0 Å². The maximum Gasteiger partial charge on any atom is 0.251 e. The fraction of sp³-hybridized carbons (Fsp3) is 0.292. The minimum Gasteiger partial charge on any atom is -0.497 e. The number of rotatable bonds is 4. The average molecular weight is 417 g/mol. The fourth-order valence-electron chi connectivity index (χ4n) is 4.65. The van der Waals surface area contributed by atoms with Crippen LogP contribution in [0.5, 0.6) is 5.75 Å². The van der Waals surface area contributed by atoms with Crippen molar-refractivity contribution in [1.29, 1.82) is 0 Å². The van der Waals surface area contributed by atoms with Crippen LogP contribution >= 0.6 is 0 Å². The maximum absolute atomic E-state index is 13.2. The molecule has 0 bridgehead atoms. The molecule has 2 amide bonds. The van der Waals surface area contributed by atoms with Gasteiger partial charge in [0.2, 0.25) is 5.91 Å². The van der Waals surface area contributed by atoms with Gasteiger partial charge < -0.3 is 9.72 Å². The molecule has 7 heteroatoms. The number of carbonyl (C=O) groups is 3. The first-order chi connectivity index (χ1) is 15.0. The van der Waals surface area contributed by atoms with Gasteiger partial charge in [-0.3, -0.25) is 19.3 Å². The van der Waals surface area contributed by atoms with E-state index in [0.29, 0.717) is 24.3 Å². The van der Waals surface area contributed by atoms with E-state index in [1.54, 1.807) is 31.4 Å². The second kappa shape index (κ2) is 7.35. The van der Waals surface area contributed by atoms with Crippen LogP contribution in [0.4, 0.5) is 5.69 Å². The molecule has 1 aromatic heterocycles. The number of aromatic nitrogens is 1. The van der Waals surface area contributed by atoms with Crippen LogP contribution in [-0.4, -0.2) is 47.2 Å². The number of anilines is 1. The Labute approximate surface area is 179 Å². The van der Waals surface area contributed by atoms with Crippen molar-refractivity contribution in [3.8, 4) is 5.75 Å². The number of fused-ring (bicyclic) bond motifs is 3. The molecule has 3 heterocycles. The van der Waals surface area contributed by atoms with Crippen molar-refractivity contribution in [1.82, 2.24) is 9.88 Å². The number of nitrogens with one attached hydrogen (secondary N) is 1. The number of benzene rings is 2. The van der Waals surface area contributed by atoms with Crippen LogP contribution in [0.25, 0.3) is 10.9 Å². The van der Waals surface area contributed by atoms with E-state index in [0.717, 1.165) is 28.8 Å². The Morgan fingerprint density at radius 1 is 1.13 bits per heavy atom. The molecule has 5 rings (SSSR count). The number of aromatic amines is 1. The van der Waals surface area contributed by atoms with Gasteiger partial charge in [0, 0.05) is 35.2 Å². The molecule has 1 atom stereocenters. The van der Waals surface area contributed by atoms with E-state index in [-0.39, 0.29) is 24.0 Å². The van der Waals surface area contributed by atoms with Crippen molar-refractivity contribution >= 4 is 34.2 Å². The molecule has 0 aliphatic carbocycles. The lowest BCUT2D eigenvalue weighted by Crippen LogP contribution is -2.44. The van der Waals surface area contributed by atoms with Gasteiger partial charge in [0.1, 0.15) is 5.75 Å². The summed E-state index contributed by atoms with van der Waals surface area (Å²) >= 11 is 0. The van der Waals surface area contributed by atoms with Crippen molar-refractivity contribution in [2.75, 3.05) is 18.6 Å². The standard InChI is InChI=1S/C24H23N3O4/c1-14(28)15-3-5-16(6-4-15)27-23(29)12-22(24(27)30)26-10-9-18-19-11-17(31-2)7-8-20(19)25-21(18)13-26/h3-8,11,22,25H,9-10,12-13H2,1-2H3/t22-/m1/s1. The Morgan fingerprint density at radius 2 is 1.90 bits per heavy atom. The highest BCUT2D eigenvalue weighted by Gasteiger charge is 2.43. The molecule has 158 valence electrons. The van der Waals surface area contributed by atoms with Crippen molar-refractivity contribution in [2.45, 2.75) is 32.4 Å². The smallest absolute Gasteiger partial charge is 0.251 e. The number of ketones is 1. The predicted octanol–water partition coefficient (Wildman–Crippen LogP) is 3.07. The Balaban J connectivity index is 1.38. The van der Waals surface area contributed by atoms with E-state index in [4.69, 9.17) is 4.74 Å². The molecule has 7 nitrogen and oxygen atoms in total. The number of amides is 2. The summed E-state index contributed by atoms with van der Waals surface area (Å²) in [4.78, 5) is 44.2. The summed E-state index contributed by atoms with van der Waals surface area (Å²) in [5, 5.41) is 1.15. The van der Waals surface area contributed by atoms with Gasteiger partial charge >= 0.3 is 0 Å². The van der Waals surface area contributed by atoms with E-state index < -0.39 is 6.04 Å². The summed E-state index contributed by atoms with van der Waals surface area (Å²) in [6, 6.07) is 12.1. The lowest BCUT2D eigenvalue weighted by Gasteiger charge is -2.30. The molecule has 1 fully saturated rings. The quantitative estimate of drug-likeness (QED) is 0.521. The van der Waals surface area contributed by atoms with Crippen LogP contribution < -0.4 is 9.64 Å². The number of nitrogens with zero attached hydrogens (tertiary/aromatic N) is 2. The molecule has 3 aromatic rings. The van der Waals surface area contributed by atoms with Crippen LogP contribution in [-0.2, 0) is 22.6 Å². The molecule has 0 unspecified atom stereocenters. The van der Waals surface area contributed by atoms with E-state index in [9.17, 15) is 14.4 Å². The van der Waals surface area contributed by atoms with Crippen LogP contribution in [0.3, 0.4) is 0 Å². The highest BCUT2D eigenvalue weighted by Crippen LogP contribution is 2.33. The van der Waals surface area contributed by atoms with Gasteiger partial charge in [-0.15, -0.1) is 0 Å². The predicted molar refractivity (Wildman–Crippen MR) is 116 cm³/mol. The number of hydrogen-bond donors (Lipinski definition) is 1. The van der Waals surface area contributed by atoms with Crippen molar-refractivity contribution in [2.24, 2.45) is 0 Å². The highest BCUT2D eigenvalue weighted by atomic mass is 16.5. The van der Waals surface area contributed by atoms with Gasteiger partial charge in [-0.25, -0.2) is 4.90 Å². The van der Waals surface area contributed by atoms with Gasteiger partial charge in [0.25, 0.3) is 5.91 Å². The summed E-state index contributed by atoms with van der Waals surface area (Å²) in [6.45, 7) is 2.78. The fourth-order valence-corrected chi connectivity index (χ4v) is 4.65. The zero-order valence-corrected chi connectivity index (χ0v) is 17.5. The zero-order chi connectivity index (χ0) is 21.7. The SMILES string of the molecule is COc1ccc2[nH]c3c(c2c1)CCN([C@@H]1CC(=O)N(c2ccc(C(C)=O)cc2)C1=O)C3. The number of methoxy groups -OCH3 is 1. The largest absolute Gasteiger partial charge is 0.497 e. The average Bonchev–Trinajstić information content (AvgIpc) is 3.29. The molecule has 2 aliphatic heterocycles. The first kappa shape index (κ1) is 19.5. The third-order valence-electron chi connectivity index (χ3n) is 6.31. The number of hydrogen-bond acceptors (Lipinski definition) is 5. The first-order valence-corrected chi connectivity index (χ1v) is 10.4. The second-order valence-electron chi connectivity index (χ2n) is 8.10. The Bertz CT molecular complexity index is 1210. The maximum atomic E-state index is 13.2. The van der Waals surface area contributed by atoms with Crippen molar-refractivity contribution in [3.63, 3.8) is 0 Å². The third kappa shape index (κ3) is 3.21. The first-order valence-electron chi connectivity index (χ1n) is 10.4. The molecule has 0 radical (unpaired) electrons. The summed E-state index contributed by atoms with van der Waals surface area (Å²) < 4.78 is 5.35. The van der Waals surface area contributed by atoms with Gasteiger partial charge in [-0.05, 0) is 61.4 Å². The number of ether oxygens (including phenoxy) is 1. The van der Waals surface area contributed by atoms with Crippen molar-refractivity contribution < 1.29 is 19.1 Å². The van der Waals surface area contributed by atoms with Crippen LogP contribution in [0.2, 0.25) is 0 Å². The summed E-state index contributed by atoms with van der Waals surface area (Å²) in [5.41, 5.74) is 4.45. The Kier molecular flexibility index (Phi) is 4.63. The third-order valence-corrected chi connectivity index (χ3v) is 6.31. The van der Waals surface area contributed by atoms with Crippen LogP contribution in [0.1, 0.15) is 35.0 Å². The minimum atomic E-state index is -0.478. The lowest BCUT2D eigenvalue weighted by atomic mass is 10.0. The molecular weight excluding hydrogens is 394 g/mol. The van der Waals surface area contributed by atoms with Crippen LogP contribution in [0, 0.1) is 0 Å². The Morgan fingerprint density at radius 3 is 2.61 bits per heavy atom. The number of Topliss-reactive ketones (excluding diaryl/α,β-unsaturated/α-hetero) is 1. The highest BCUT2D eigenvalue weighted by molar-refractivity contribution is 6.22. The molecule has 2 aromatic carbocycles. The summed E-state index contributed by atoms with van der Waals surface area (Å²) in [5.74, 6) is 0.350. The number of imide groups is 1. The van der Waals surface area contributed by atoms with Gasteiger partial charge in [0.05, 0.1) is 25.3 Å². The molecule has 1 N–H and O–H groups in total. The summed E-state index contributed by atoms with van der Waals surface area (Å²) in [7, 11) is 1.66. The number of H-pyrrole nitrogens is 1. The lowest BCUT2D eigenvalue weighted by molar-refractivity contribution is -0.123. The van der Waals surface area contributed by atoms with E-state index in [1.165, 1.54) is 17.4 Å². The normalized spacial score (nSPS) is 19.2. The topological polar surface area (TPSA) is 82.7 Å². The van der Waals surface area contributed by atoms with Crippen molar-refractivity contribution in [3.05, 3.63) is 59.3 Å². The molecule has 0 saturated carbocycles. The second-order valence-corrected chi connectivity index (χ2v) is 8.10.